The van der Waals surface area contributed by atoms with E-state index in [1.54, 1.807) is 0 Å². The molecule has 1 aromatic heterocycles. The van der Waals surface area contributed by atoms with Crippen molar-refractivity contribution in [1.29, 1.82) is 0 Å². The highest BCUT2D eigenvalue weighted by atomic mass is 16.5. The number of nitrogen functional groups attached to an aromatic ring is 1. The molecule has 120 valence electrons. The van der Waals surface area contributed by atoms with Gasteiger partial charge in [0.25, 0.3) is 0 Å². The van der Waals surface area contributed by atoms with Crippen LogP contribution in [0.3, 0.4) is 0 Å². The summed E-state index contributed by atoms with van der Waals surface area (Å²) in [4.78, 5) is 0. The summed E-state index contributed by atoms with van der Waals surface area (Å²) in [5.41, 5.74) is 10.8. The van der Waals surface area contributed by atoms with Crippen molar-refractivity contribution in [2.45, 2.75) is 26.4 Å². The Bertz CT molecular complexity index is 945. The highest BCUT2D eigenvalue weighted by Crippen LogP contribution is 2.28. The minimum atomic E-state index is -0.868. The van der Waals surface area contributed by atoms with Crippen LogP contribution >= 0.6 is 0 Å². The summed E-state index contributed by atoms with van der Waals surface area (Å²) in [5, 5.41) is 20.2. The van der Waals surface area contributed by atoms with Crippen LogP contribution in [-0.4, -0.2) is 28.4 Å². The van der Waals surface area contributed by atoms with Crippen LogP contribution in [0.5, 0.6) is 0 Å². The minimum absolute atomic E-state index is 0.0308. The van der Waals surface area contributed by atoms with Gasteiger partial charge in [-0.3, -0.25) is 0 Å². The molecule has 0 fully saturated rings. The number of aryl methyl sites for hydroxylation is 1. The molecule has 3 aromatic rings. The number of hydrogen-bond acceptors (Lipinski definition) is 5. The zero-order chi connectivity index (χ0) is 16.8. The van der Waals surface area contributed by atoms with E-state index in [0.717, 1.165) is 45.0 Å². The lowest BCUT2D eigenvalue weighted by Crippen LogP contribution is -2.44. The van der Waals surface area contributed by atoms with Gasteiger partial charge in [-0.2, -0.15) is 5.10 Å². The monoisotopic (exact) mass is 319 g/mol. The summed E-state index contributed by atoms with van der Waals surface area (Å²) in [6.07, 6.45) is 0.846. The highest BCUT2D eigenvalue weighted by Gasteiger charge is 2.28. The van der Waals surface area contributed by atoms with Crippen LogP contribution in [0.1, 0.15) is 18.2 Å². The fraction of sp³-hybridized carbons (Fsp3) is 0.222. The van der Waals surface area contributed by atoms with Crippen LogP contribution in [0.15, 0.2) is 36.4 Å². The summed E-state index contributed by atoms with van der Waals surface area (Å²) in [6.45, 7) is 3.89. The van der Waals surface area contributed by atoms with Crippen molar-refractivity contribution in [3.8, 4) is 11.1 Å². The molecular formula is C18H18BN3O2. The molecule has 0 spiro atoms. The Morgan fingerprint density at radius 1 is 1.12 bits per heavy atom. The third-order valence-corrected chi connectivity index (χ3v) is 4.61. The molecule has 3 N–H and O–H groups in total. The molecule has 0 bridgehead atoms. The molecule has 0 amide bonds. The van der Waals surface area contributed by atoms with E-state index in [0.29, 0.717) is 5.82 Å². The first kappa shape index (κ1) is 15.1. The largest absolute Gasteiger partial charge is 0.491 e. The molecule has 0 saturated carbocycles. The summed E-state index contributed by atoms with van der Waals surface area (Å²) < 4.78 is 5.53. The van der Waals surface area contributed by atoms with E-state index in [1.807, 2.05) is 32.0 Å². The van der Waals surface area contributed by atoms with E-state index in [4.69, 9.17) is 10.4 Å². The molecule has 6 heteroatoms. The summed E-state index contributed by atoms with van der Waals surface area (Å²) in [5.74, 6) is 0.436. The highest BCUT2D eigenvalue weighted by molar-refractivity contribution is 6.61. The van der Waals surface area contributed by atoms with E-state index in [9.17, 15) is 5.02 Å². The number of benzene rings is 2. The number of nitrogens with two attached hydrogens (primary N) is 1. The normalized spacial score (nSPS) is 17.1. The number of nitrogens with zero attached hydrogens (tertiary/aromatic N) is 2. The van der Waals surface area contributed by atoms with Crippen molar-refractivity contribution in [2.75, 3.05) is 5.73 Å². The quantitative estimate of drug-likeness (QED) is 0.669. The maximum Gasteiger partial charge on any atom is 0.491 e. The first-order valence-electron chi connectivity index (χ1n) is 8.02. The lowest BCUT2D eigenvalue weighted by atomic mass is 9.71. The third kappa shape index (κ3) is 2.44. The van der Waals surface area contributed by atoms with Crippen molar-refractivity contribution in [2.24, 2.45) is 0 Å². The Labute approximate surface area is 140 Å². The maximum absolute atomic E-state index is 10.2. The first-order valence-corrected chi connectivity index (χ1v) is 8.02. The number of fused-ring (bicyclic) bond motifs is 2. The van der Waals surface area contributed by atoms with E-state index in [-0.39, 0.29) is 6.10 Å². The summed E-state index contributed by atoms with van der Waals surface area (Å²) >= 11 is 0. The molecule has 0 aliphatic carbocycles. The molecule has 5 nitrogen and oxygen atoms in total. The van der Waals surface area contributed by atoms with Crippen LogP contribution in [-0.2, 0) is 11.1 Å². The Morgan fingerprint density at radius 3 is 2.71 bits per heavy atom. The molecule has 0 radical (unpaired) electrons. The maximum atomic E-state index is 10.2. The van der Waals surface area contributed by atoms with Gasteiger partial charge >= 0.3 is 7.12 Å². The van der Waals surface area contributed by atoms with Gasteiger partial charge in [0.05, 0.1) is 5.69 Å². The van der Waals surface area contributed by atoms with Crippen LogP contribution in [0, 0.1) is 6.92 Å². The second kappa shape index (κ2) is 5.58. The van der Waals surface area contributed by atoms with Gasteiger partial charge in [-0.25, -0.2) is 0 Å². The number of hydrogen-bond donors (Lipinski definition) is 2. The molecule has 1 atom stereocenters. The molecule has 1 unspecified atom stereocenters. The van der Waals surface area contributed by atoms with Crippen molar-refractivity contribution >= 4 is 29.2 Å². The van der Waals surface area contributed by atoms with Gasteiger partial charge in [0.1, 0.15) is 0 Å². The van der Waals surface area contributed by atoms with Crippen molar-refractivity contribution < 1.29 is 9.68 Å². The molecule has 1 aliphatic rings. The predicted octanol–water partition coefficient (Wildman–Crippen LogP) is 1.84. The molecule has 2 aromatic carbocycles. The van der Waals surface area contributed by atoms with Crippen LogP contribution in [0.25, 0.3) is 21.9 Å². The Morgan fingerprint density at radius 2 is 1.88 bits per heavy atom. The third-order valence-electron chi connectivity index (χ3n) is 4.61. The number of anilines is 1. The molecule has 4 rings (SSSR count). The van der Waals surface area contributed by atoms with Gasteiger partial charge in [0.2, 0.25) is 0 Å². The standard InChI is InChI=1S/C18H18BN3O2/c1-10-7-14-4-3-13(9-17(14)19(23)24-10)12-5-6-15-16(8-12)11(2)21-22-18(15)20/h3-6,8-10,23H,7H2,1-2H3,(H2,20,22). The van der Waals surface area contributed by atoms with Gasteiger partial charge in [0.15, 0.2) is 5.82 Å². The molecule has 24 heavy (non-hydrogen) atoms. The number of aromatic nitrogens is 2. The molecule has 0 saturated heterocycles. The van der Waals surface area contributed by atoms with E-state index in [1.165, 1.54) is 0 Å². The summed E-state index contributed by atoms with van der Waals surface area (Å²) in [7, 11) is -0.868. The lowest BCUT2D eigenvalue weighted by Gasteiger charge is -2.25. The van der Waals surface area contributed by atoms with Gasteiger partial charge in [0, 0.05) is 16.9 Å². The zero-order valence-electron chi connectivity index (χ0n) is 13.7. The van der Waals surface area contributed by atoms with E-state index < -0.39 is 7.12 Å². The lowest BCUT2D eigenvalue weighted by molar-refractivity contribution is 0.183. The average Bonchev–Trinajstić information content (AvgIpc) is 2.57. The number of rotatable bonds is 1. The predicted molar refractivity (Wildman–Crippen MR) is 96.0 cm³/mol. The minimum Gasteiger partial charge on any atom is -0.423 e. The van der Waals surface area contributed by atoms with Gasteiger partial charge in [-0.05, 0) is 54.6 Å². The molecular weight excluding hydrogens is 301 g/mol. The summed E-state index contributed by atoms with van der Waals surface area (Å²) in [6, 6.07) is 12.2. The Balaban J connectivity index is 1.84. The Kier molecular flexibility index (Phi) is 3.51. The fourth-order valence-corrected chi connectivity index (χ4v) is 3.32. The van der Waals surface area contributed by atoms with Crippen molar-refractivity contribution in [1.82, 2.24) is 10.2 Å². The van der Waals surface area contributed by atoms with E-state index >= 15 is 0 Å². The Hall–Kier alpha value is -2.44. The second-order valence-corrected chi connectivity index (χ2v) is 6.35. The average molecular weight is 319 g/mol. The van der Waals surface area contributed by atoms with Gasteiger partial charge < -0.3 is 15.4 Å². The first-order chi connectivity index (χ1) is 11.5. The smallest absolute Gasteiger partial charge is 0.423 e. The zero-order valence-corrected chi connectivity index (χ0v) is 13.7. The topological polar surface area (TPSA) is 81.3 Å². The van der Waals surface area contributed by atoms with Crippen LogP contribution in [0.4, 0.5) is 5.82 Å². The second-order valence-electron chi connectivity index (χ2n) is 6.35. The van der Waals surface area contributed by atoms with Crippen LogP contribution < -0.4 is 11.2 Å². The SMILES string of the molecule is Cc1nnc(N)c2ccc(-c3ccc4c(c3)B(O)OC(C)C4)cc12. The van der Waals surface area contributed by atoms with E-state index in [2.05, 4.69) is 28.4 Å². The molecule has 2 heterocycles. The molecule has 1 aliphatic heterocycles. The fourth-order valence-electron chi connectivity index (χ4n) is 3.32. The van der Waals surface area contributed by atoms with Crippen LogP contribution in [0.2, 0.25) is 0 Å². The van der Waals surface area contributed by atoms with Crippen molar-refractivity contribution in [3.63, 3.8) is 0 Å². The van der Waals surface area contributed by atoms with Crippen molar-refractivity contribution in [3.05, 3.63) is 47.7 Å². The van der Waals surface area contributed by atoms with Gasteiger partial charge in [-0.15, -0.1) is 5.10 Å². The van der Waals surface area contributed by atoms with Gasteiger partial charge in [-0.1, -0.05) is 24.3 Å².